The van der Waals surface area contributed by atoms with Crippen LogP contribution < -0.4 is 11.1 Å². The number of nitrogens with zero attached hydrogens (tertiary/aromatic N) is 1. The zero-order valence-electron chi connectivity index (χ0n) is 16.2. The summed E-state index contributed by atoms with van der Waals surface area (Å²) in [6.07, 6.45) is 2.11. The Morgan fingerprint density at radius 3 is 2.38 bits per heavy atom. The number of imide groups is 1. The molecule has 0 aromatic heterocycles. The van der Waals surface area contributed by atoms with Crippen LogP contribution in [0.15, 0.2) is 48.5 Å². The molecular formula is C22H24ClN3O3. The molecule has 1 saturated carbocycles. The van der Waals surface area contributed by atoms with Crippen molar-refractivity contribution in [1.82, 2.24) is 10.2 Å². The molecule has 1 unspecified atom stereocenters. The first-order chi connectivity index (χ1) is 13.4. The third-order valence-electron chi connectivity index (χ3n) is 5.72. The van der Waals surface area contributed by atoms with Crippen molar-refractivity contribution >= 4 is 30.1 Å². The van der Waals surface area contributed by atoms with E-state index in [0.29, 0.717) is 23.6 Å². The summed E-state index contributed by atoms with van der Waals surface area (Å²) in [4.78, 5) is 39.4. The lowest BCUT2D eigenvalue weighted by Crippen LogP contribution is -2.53. The van der Waals surface area contributed by atoms with Gasteiger partial charge < -0.3 is 11.1 Å². The summed E-state index contributed by atoms with van der Waals surface area (Å²) in [5, 5.41) is 3.02. The number of benzene rings is 2. The van der Waals surface area contributed by atoms with Crippen LogP contribution in [0.5, 0.6) is 0 Å². The molecular weight excluding hydrogens is 390 g/mol. The largest absolute Gasteiger partial charge is 0.345 e. The van der Waals surface area contributed by atoms with Gasteiger partial charge in [0.25, 0.3) is 17.7 Å². The third-order valence-corrected chi connectivity index (χ3v) is 5.72. The summed E-state index contributed by atoms with van der Waals surface area (Å²) in [5.74, 6) is -0.590. The molecule has 152 valence electrons. The van der Waals surface area contributed by atoms with Crippen LogP contribution in [-0.4, -0.2) is 34.7 Å². The quantitative estimate of drug-likeness (QED) is 0.712. The van der Waals surface area contributed by atoms with Crippen molar-refractivity contribution in [3.63, 3.8) is 0 Å². The Kier molecular flexibility index (Phi) is 5.78. The van der Waals surface area contributed by atoms with Crippen LogP contribution in [0.25, 0.3) is 0 Å². The van der Waals surface area contributed by atoms with Crippen molar-refractivity contribution < 1.29 is 14.4 Å². The number of halogens is 1. The number of hydrogen-bond donors (Lipinski definition) is 2. The maximum atomic E-state index is 12.8. The second kappa shape index (κ2) is 7.97. The molecule has 4 rings (SSSR count). The minimum absolute atomic E-state index is 0. The molecule has 6 nitrogen and oxygen atoms in total. The van der Waals surface area contributed by atoms with Crippen molar-refractivity contribution in [3.05, 3.63) is 70.8 Å². The van der Waals surface area contributed by atoms with Gasteiger partial charge in [-0.2, -0.15) is 0 Å². The van der Waals surface area contributed by atoms with E-state index in [2.05, 4.69) is 5.32 Å². The van der Waals surface area contributed by atoms with Gasteiger partial charge in [-0.15, -0.1) is 12.4 Å². The maximum absolute atomic E-state index is 12.8. The van der Waals surface area contributed by atoms with Crippen LogP contribution in [-0.2, 0) is 6.54 Å². The molecule has 7 heteroatoms. The molecule has 3 amide bonds. The number of nitrogens with one attached hydrogen (secondary N) is 1. The molecule has 0 radical (unpaired) electrons. The fourth-order valence-electron chi connectivity index (χ4n) is 3.71. The third kappa shape index (κ3) is 3.91. The molecule has 2 aliphatic rings. The average Bonchev–Trinajstić information content (AvgIpc) is 3.54. The van der Waals surface area contributed by atoms with Crippen molar-refractivity contribution in [2.45, 2.75) is 31.8 Å². The van der Waals surface area contributed by atoms with E-state index in [9.17, 15) is 14.4 Å². The number of nitrogens with two attached hydrogens (primary N) is 1. The monoisotopic (exact) mass is 413 g/mol. The minimum atomic E-state index is -0.449. The summed E-state index contributed by atoms with van der Waals surface area (Å²) in [7, 11) is 0. The predicted octanol–water partition coefficient (Wildman–Crippen LogP) is 2.76. The lowest BCUT2D eigenvalue weighted by atomic mass is 9.95. The molecule has 1 heterocycles. The molecule has 1 atom stereocenters. The summed E-state index contributed by atoms with van der Waals surface area (Å²) in [5.41, 5.74) is 7.27. The van der Waals surface area contributed by atoms with E-state index in [-0.39, 0.29) is 42.2 Å². The summed E-state index contributed by atoms with van der Waals surface area (Å²) in [6.45, 7) is 2.52. The zero-order chi connectivity index (χ0) is 19.9. The molecule has 2 aromatic carbocycles. The Morgan fingerprint density at radius 1 is 1.10 bits per heavy atom. The molecule has 1 fully saturated rings. The highest BCUT2D eigenvalue weighted by molar-refractivity contribution is 6.22. The van der Waals surface area contributed by atoms with Gasteiger partial charge in [-0.25, -0.2) is 0 Å². The van der Waals surface area contributed by atoms with Crippen LogP contribution >= 0.6 is 12.4 Å². The van der Waals surface area contributed by atoms with Gasteiger partial charge in [-0.1, -0.05) is 30.3 Å². The van der Waals surface area contributed by atoms with Crippen LogP contribution in [0.1, 0.15) is 56.4 Å². The molecule has 29 heavy (non-hydrogen) atoms. The molecule has 0 bridgehead atoms. The van der Waals surface area contributed by atoms with Crippen molar-refractivity contribution in [2.75, 3.05) is 6.54 Å². The Bertz CT molecular complexity index is 959. The first kappa shape index (κ1) is 21.0. The molecule has 1 aliphatic heterocycles. The number of amides is 3. The van der Waals surface area contributed by atoms with Crippen molar-refractivity contribution in [2.24, 2.45) is 11.7 Å². The lowest BCUT2D eigenvalue weighted by Gasteiger charge is -2.29. The number of hydrogen-bond acceptors (Lipinski definition) is 4. The first-order valence-electron chi connectivity index (χ1n) is 9.50. The number of fused-ring (bicyclic) bond motifs is 1. The van der Waals surface area contributed by atoms with Gasteiger partial charge in [0.15, 0.2) is 0 Å². The fourth-order valence-corrected chi connectivity index (χ4v) is 3.71. The zero-order valence-corrected chi connectivity index (χ0v) is 17.0. The van der Waals surface area contributed by atoms with Crippen molar-refractivity contribution in [3.8, 4) is 0 Å². The molecule has 0 saturated heterocycles. The fraction of sp³-hybridized carbons (Fsp3) is 0.318. The van der Waals surface area contributed by atoms with Gasteiger partial charge in [0.2, 0.25) is 0 Å². The van der Waals surface area contributed by atoms with E-state index in [4.69, 9.17) is 5.73 Å². The Morgan fingerprint density at radius 2 is 1.76 bits per heavy atom. The van der Waals surface area contributed by atoms with Crippen LogP contribution in [0.2, 0.25) is 0 Å². The molecule has 2 aromatic rings. The normalized spacial score (nSPS) is 17.4. The highest BCUT2D eigenvalue weighted by Crippen LogP contribution is 2.39. The topological polar surface area (TPSA) is 92.5 Å². The summed E-state index contributed by atoms with van der Waals surface area (Å²) < 4.78 is 0. The van der Waals surface area contributed by atoms with E-state index in [1.54, 1.807) is 12.1 Å². The average molecular weight is 414 g/mol. The Labute approximate surface area is 175 Å². The van der Waals surface area contributed by atoms with Gasteiger partial charge in [-0.3, -0.25) is 19.3 Å². The number of carbonyl (C=O) groups is 3. The smallest absolute Gasteiger partial charge is 0.261 e. The predicted molar refractivity (Wildman–Crippen MR) is 112 cm³/mol. The maximum Gasteiger partial charge on any atom is 0.261 e. The second-order valence-corrected chi connectivity index (χ2v) is 7.79. The van der Waals surface area contributed by atoms with Gasteiger partial charge in [0.1, 0.15) is 0 Å². The molecule has 0 spiro atoms. The van der Waals surface area contributed by atoms with Crippen LogP contribution in [0, 0.1) is 5.92 Å². The summed E-state index contributed by atoms with van der Waals surface area (Å²) in [6, 6.07) is 14.0. The molecule has 3 N–H and O–H groups in total. The van der Waals surface area contributed by atoms with Crippen molar-refractivity contribution in [1.29, 1.82) is 0 Å². The number of rotatable bonds is 6. The van der Waals surface area contributed by atoms with Gasteiger partial charge in [-0.05, 0) is 49.4 Å². The van der Waals surface area contributed by atoms with Crippen LogP contribution in [0.3, 0.4) is 0 Å². The minimum Gasteiger partial charge on any atom is -0.345 e. The second-order valence-electron chi connectivity index (χ2n) is 7.79. The summed E-state index contributed by atoms with van der Waals surface area (Å²) >= 11 is 0. The Hall–Kier alpha value is -2.70. The van der Waals surface area contributed by atoms with E-state index >= 15 is 0 Å². The molecule has 1 aliphatic carbocycles. The Balaban J connectivity index is 0.00000240. The van der Waals surface area contributed by atoms with Gasteiger partial charge in [0, 0.05) is 12.1 Å². The standard InChI is InChI=1S/C22H23N3O3.ClH/c1-22(13-23,16-8-9-16)24-19(26)15-7-10-17-18(11-15)21(28)25(20(17)27)12-14-5-3-2-4-6-14;/h2-7,10-11,16H,8-9,12-13,23H2,1H3,(H,24,26);1H. The first-order valence-corrected chi connectivity index (χ1v) is 9.50. The van der Waals surface area contributed by atoms with E-state index < -0.39 is 5.54 Å². The lowest BCUT2D eigenvalue weighted by molar-refractivity contribution is 0.0642. The SMILES string of the molecule is CC(CN)(NC(=O)c1ccc2c(c1)C(=O)N(Cc1ccccc1)C2=O)C1CC1.Cl. The van der Waals surface area contributed by atoms with E-state index in [1.165, 1.54) is 11.0 Å². The van der Waals surface area contributed by atoms with E-state index in [1.807, 2.05) is 37.3 Å². The van der Waals surface area contributed by atoms with Gasteiger partial charge in [0.05, 0.1) is 23.2 Å². The highest BCUT2D eigenvalue weighted by Gasteiger charge is 2.42. The van der Waals surface area contributed by atoms with Crippen LogP contribution in [0.4, 0.5) is 0 Å². The highest BCUT2D eigenvalue weighted by atomic mass is 35.5. The van der Waals surface area contributed by atoms with Gasteiger partial charge >= 0.3 is 0 Å². The van der Waals surface area contributed by atoms with E-state index in [0.717, 1.165) is 18.4 Å². The number of carbonyl (C=O) groups excluding carboxylic acids is 3.